The molecule has 1 aromatic heterocycles. The van der Waals surface area contributed by atoms with Crippen molar-refractivity contribution in [3.8, 4) is 5.88 Å². The van der Waals surface area contributed by atoms with Crippen molar-refractivity contribution in [1.29, 1.82) is 0 Å². The summed E-state index contributed by atoms with van der Waals surface area (Å²) < 4.78 is 9.91. The molecule has 1 fully saturated rings. The maximum absolute atomic E-state index is 5.32. The molecule has 54 valence electrons. The highest BCUT2D eigenvalue weighted by atomic mass is 16.5. The van der Waals surface area contributed by atoms with E-state index in [9.17, 15) is 0 Å². The molecule has 4 heteroatoms. The lowest BCUT2D eigenvalue weighted by Crippen LogP contribution is -2.50. The van der Waals surface area contributed by atoms with E-state index in [2.05, 4.69) is 15.0 Å². The molecule has 0 atom stereocenters. The number of aromatic nitrogens is 1. The van der Waals surface area contributed by atoms with Crippen molar-refractivity contribution in [1.82, 2.24) is 10.5 Å². The van der Waals surface area contributed by atoms with Gasteiger partial charge in [0.15, 0.2) is 0 Å². The Balaban J connectivity index is 1.90. The molecule has 2 heterocycles. The normalized spacial score (nSPS) is 18.4. The van der Waals surface area contributed by atoms with E-state index < -0.39 is 0 Å². The number of nitrogens with one attached hydrogen (secondary N) is 1. The van der Waals surface area contributed by atoms with Crippen LogP contribution in [0.15, 0.2) is 16.9 Å². The third kappa shape index (κ3) is 0.974. The van der Waals surface area contributed by atoms with Gasteiger partial charge in [0.2, 0.25) is 0 Å². The summed E-state index contributed by atoms with van der Waals surface area (Å²) in [6, 6.07) is 1.71. The molecule has 0 aromatic carbocycles. The van der Waals surface area contributed by atoms with Crippen LogP contribution in [-0.2, 0) is 0 Å². The predicted molar refractivity (Wildman–Crippen MR) is 33.8 cm³/mol. The molecule has 0 aliphatic carbocycles. The Kier molecular flexibility index (Phi) is 1.32. The van der Waals surface area contributed by atoms with Gasteiger partial charge in [-0.25, -0.2) is 0 Å². The zero-order valence-corrected chi connectivity index (χ0v) is 5.41. The first-order chi connectivity index (χ1) is 4.95. The molecule has 10 heavy (non-hydrogen) atoms. The maximum Gasteiger partial charge on any atom is 0.254 e. The summed E-state index contributed by atoms with van der Waals surface area (Å²) in [7, 11) is 0. The van der Waals surface area contributed by atoms with Crippen LogP contribution in [0.3, 0.4) is 0 Å². The Morgan fingerprint density at radius 2 is 2.60 bits per heavy atom. The Hall–Kier alpha value is -1.03. The first-order valence-corrected chi connectivity index (χ1v) is 3.23. The van der Waals surface area contributed by atoms with Gasteiger partial charge in [0.25, 0.3) is 5.88 Å². The van der Waals surface area contributed by atoms with E-state index >= 15 is 0 Å². The van der Waals surface area contributed by atoms with Crippen LogP contribution in [0.2, 0.25) is 0 Å². The van der Waals surface area contributed by atoms with Crippen molar-refractivity contribution in [3.05, 3.63) is 12.3 Å². The summed E-state index contributed by atoms with van der Waals surface area (Å²) in [5.74, 6) is 0.575. The molecule has 2 rings (SSSR count). The molecule has 0 radical (unpaired) electrons. The highest BCUT2D eigenvalue weighted by molar-refractivity contribution is 5.03. The lowest BCUT2D eigenvalue weighted by Gasteiger charge is -2.26. The van der Waals surface area contributed by atoms with Crippen LogP contribution >= 0.6 is 0 Å². The second-order valence-electron chi connectivity index (χ2n) is 2.24. The smallest absolute Gasteiger partial charge is 0.254 e. The van der Waals surface area contributed by atoms with Gasteiger partial charge in [-0.05, 0) is 5.16 Å². The minimum atomic E-state index is 0.282. The SMILES string of the molecule is c1cc(OC2CNC2)no1. The molecule has 0 saturated carbocycles. The summed E-state index contributed by atoms with van der Waals surface area (Å²) in [4.78, 5) is 0. The molecule has 1 aliphatic rings. The standard InChI is InChI=1S/C6H8N2O2/c1-2-9-8-6(1)10-5-3-7-4-5/h1-2,5,7H,3-4H2. The third-order valence-corrected chi connectivity index (χ3v) is 1.45. The van der Waals surface area contributed by atoms with Crippen molar-refractivity contribution in [2.75, 3.05) is 13.1 Å². The Bertz CT molecular complexity index is 194. The number of rotatable bonds is 2. The highest BCUT2D eigenvalue weighted by Gasteiger charge is 2.18. The lowest BCUT2D eigenvalue weighted by atomic mass is 10.2. The highest BCUT2D eigenvalue weighted by Crippen LogP contribution is 2.09. The fraction of sp³-hybridized carbons (Fsp3) is 0.500. The Morgan fingerprint density at radius 3 is 3.10 bits per heavy atom. The minimum absolute atomic E-state index is 0.282. The van der Waals surface area contributed by atoms with Crippen molar-refractivity contribution in [2.45, 2.75) is 6.10 Å². The fourth-order valence-corrected chi connectivity index (χ4v) is 0.779. The molecule has 1 N–H and O–H groups in total. The first-order valence-electron chi connectivity index (χ1n) is 3.23. The van der Waals surface area contributed by atoms with Gasteiger partial charge in [0.1, 0.15) is 12.4 Å². The molecule has 0 spiro atoms. The van der Waals surface area contributed by atoms with Crippen LogP contribution in [0.5, 0.6) is 5.88 Å². The molecule has 0 unspecified atom stereocenters. The van der Waals surface area contributed by atoms with Crippen LogP contribution < -0.4 is 10.1 Å². The predicted octanol–water partition coefficient (Wildman–Crippen LogP) is 0.0252. The quantitative estimate of drug-likeness (QED) is 0.629. The van der Waals surface area contributed by atoms with Gasteiger partial charge in [-0.3, -0.25) is 0 Å². The maximum atomic E-state index is 5.32. The van der Waals surface area contributed by atoms with Crippen molar-refractivity contribution < 1.29 is 9.26 Å². The fourth-order valence-electron chi connectivity index (χ4n) is 0.779. The van der Waals surface area contributed by atoms with Gasteiger partial charge in [-0.1, -0.05) is 0 Å². The number of ether oxygens (including phenoxy) is 1. The van der Waals surface area contributed by atoms with E-state index in [4.69, 9.17) is 4.74 Å². The number of hydrogen-bond acceptors (Lipinski definition) is 4. The van der Waals surface area contributed by atoms with Crippen molar-refractivity contribution in [2.24, 2.45) is 0 Å². The van der Waals surface area contributed by atoms with Crippen LogP contribution in [0, 0.1) is 0 Å². The molecule has 1 aliphatic heterocycles. The minimum Gasteiger partial charge on any atom is -0.469 e. The molecule has 1 aromatic rings. The van der Waals surface area contributed by atoms with E-state index in [1.54, 1.807) is 6.07 Å². The average molecular weight is 140 g/mol. The lowest BCUT2D eigenvalue weighted by molar-refractivity contribution is 0.130. The van der Waals surface area contributed by atoms with Gasteiger partial charge >= 0.3 is 0 Å². The van der Waals surface area contributed by atoms with Gasteiger partial charge in [0, 0.05) is 19.2 Å². The zero-order chi connectivity index (χ0) is 6.81. The van der Waals surface area contributed by atoms with Crippen LogP contribution in [0.1, 0.15) is 0 Å². The van der Waals surface area contributed by atoms with Gasteiger partial charge < -0.3 is 14.6 Å². The average Bonchev–Trinajstić information content (AvgIpc) is 2.29. The van der Waals surface area contributed by atoms with Gasteiger partial charge in [0.05, 0.1) is 0 Å². The molecule has 0 amide bonds. The number of hydrogen-bond donors (Lipinski definition) is 1. The molecule has 1 saturated heterocycles. The van der Waals surface area contributed by atoms with Crippen molar-refractivity contribution >= 4 is 0 Å². The van der Waals surface area contributed by atoms with Crippen LogP contribution in [0.25, 0.3) is 0 Å². The molecule has 4 nitrogen and oxygen atoms in total. The summed E-state index contributed by atoms with van der Waals surface area (Å²) in [5, 5.41) is 6.70. The van der Waals surface area contributed by atoms with E-state index in [0.29, 0.717) is 5.88 Å². The third-order valence-electron chi connectivity index (χ3n) is 1.45. The van der Waals surface area contributed by atoms with Crippen LogP contribution in [0.4, 0.5) is 0 Å². The first kappa shape index (κ1) is 5.73. The Morgan fingerprint density at radius 1 is 1.70 bits per heavy atom. The number of nitrogens with zero attached hydrogens (tertiary/aromatic N) is 1. The van der Waals surface area contributed by atoms with Crippen molar-refractivity contribution in [3.63, 3.8) is 0 Å². The molecule has 0 bridgehead atoms. The second kappa shape index (κ2) is 2.30. The van der Waals surface area contributed by atoms with Gasteiger partial charge in [-0.15, -0.1) is 0 Å². The summed E-state index contributed by atoms with van der Waals surface area (Å²) in [6.45, 7) is 1.82. The molecular formula is C6H8N2O2. The van der Waals surface area contributed by atoms with E-state index in [0.717, 1.165) is 13.1 Å². The second-order valence-corrected chi connectivity index (χ2v) is 2.24. The van der Waals surface area contributed by atoms with E-state index in [-0.39, 0.29) is 6.10 Å². The monoisotopic (exact) mass is 140 g/mol. The van der Waals surface area contributed by atoms with Gasteiger partial charge in [-0.2, -0.15) is 0 Å². The Labute approximate surface area is 58.1 Å². The summed E-state index contributed by atoms with van der Waals surface area (Å²) in [6.07, 6.45) is 1.78. The van der Waals surface area contributed by atoms with E-state index in [1.165, 1.54) is 6.26 Å². The summed E-state index contributed by atoms with van der Waals surface area (Å²) in [5.41, 5.74) is 0. The zero-order valence-electron chi connectivity index (χ0n) is 5.41. The topological polar surface area (TPSA) is 47.3 Å². The van der Waals surface area contributed by atoms with Crippen LogP contribution in [-0.4, -0.2) is 24.4 Å². The van der Waals surface area contributed by atoms with E-state index in [1.807, 2.05) is 0 Å². The summed E-state index contributed by atoms with van der Waals surface area (Å²) >= 11 is 0. The molecular weight excluding hydrogens is 132 g/mol. The largest absolute Gasteiger partial charge is 0.469 e.